The van der Waals surface area contributed by atoms with Gasteiger partial charge in [0, 0.05) is 10.9 Å². The topological polar surface area (TPSA) is 30.0 Å². The highest BCUT2D eigenvalue weighted by Crippen LogP contribution is 2.26. The number of halogens is 1. The Hall–Kier alpha value is -2.20. The summed E-state index contributed by atoms with van der Waals surface area (Å²) in [5.41, 5.74) is 1.43. The van der Waals surface area contributed by atoms with Crippen LogP contribution in [0.4, 0.5) is 4.39 Å². The summed E-state index contributed by atoms with van der Waals surface area (Å²) in [6.45, 7) is 1.84. The maximum absolute atomic E-state index is 12.9. The van der Waals surface area contributed by atoms with E-state index in [0.29, 0.717) is 5.56 Å². The van der Waals surface area contributed by atoms with E-state index >= 15 is 0 Å². The molecule has 0 aliphatic rings. The van der Waals surface area contributed by atoms with Gasteiger partial charge in [-0.3, -0.25) is 4.79 Å². The van der Waals surface area contributed by atoms with Gasteiger partial charge in [-0.1, -0.05) is 36.0 Å². The fourth-order valence-corrected chi connectivity index (χ4v) is 3.10. The lowest BCUT2D eigenvalue weighted by Gasteiger charge is -2.10. The zero-order chi connectivity index (χ0) is 15.5. The molecule has 22 heavy (non-hydrogen) atoms. The number of aromatic nitrogens is 1. The number of nitrogens with zero attached hydrogens (tertiary/aromatic N) is 1. The van der Waals surface area contributed by atoms with Crippen LogP contribution in [0.3, 0.4) is 0 Å². The molecule has 3 rings (SSSR count). The monoisotopic (exact) mass is 311 g/mol. The smallest absolute Gasteiger partial charge is 0.175 e. The summed E-state index contributed by atoms with van der Waals surface area (Å²) in [7, 11) is 0. The number of rotatable bonds is 4. The first kappa shape index (κ1) is 14.7. The van der Waals surface area contributed by atoms with E-state index in [1.54, 1.807) is 0 Å². The van der Waals surface area contributed by atoms with Crippen LogP contribution in [-0.4, -0.2) is 16.0 Å². The number of para-hydroxylation sites is 1. The van der Waals surface area contributed by atoms with Gasteiger partial charge in [0.25, 0.3) is 0 Å². The van der Waals surface area contributed by atoms with Crippen molar-refractivity contribution in [1.82, 2.24) is 4.98 Å². The predicted octanol–water partition coefficient (Wildman–Crippen LogP) is 4.74. The minimum Gasteiger partial charge on any atom is -0.293 e. The molecule has 0 aliphatic heterocycles. The summed E-state index contributed by atoms with van der Waals surface area (Å²) in [6.07, 6.45) is 0. The second kappa shape index (κ2) is 6.28. The molecule has 1 atom stereocenters. The minimum absolute atomic E-state index is 0.0278. The van der Waals surface area contributed by atoms with Gasteiger partial charge in [0.2, 0.25) is 0 Å². The molecule has 0 spiro atoms. The highest BCUT2D eigenvalue weighted by molar-refractivity contribution is 8.00. The number of hydrogen-bond donors (Lipinski definition) is 0. The third kappa shape index (κ3) is 3.17. The van der Waals surface area contributed by atoms with Gasteiger partial charge >= 0.3 is 0 Å². The van der Waals surface area contributed by atoms with Crippen molar-refractivity contribution in [3.63, 3.8) is 0 Å². The van der Waals surface area contributed by atoms with Gasteiger partial charge in [0.05, 0.1) is 15.8 Å². The number of carbonyl (C=O) groups is 1. The summed E-state index contributed by atoms with van der Waals surface area (Å²) in [4.78, 5) is 16.9. The number of carbonyl (C=O) groups excluding carboxylic acids is 1. The van der Waals surface area contributed by atoms with Crippen LogP contribution in [0, 0.1) is 5.82 Å². The molecule has 0 saturated heterocycles. The van der Waals surface area contributed by atoms with E-state index in [2.05, 4.69) is 4.98 Å². The Bertz CT molecular complexity index is 817. The zero-order valence-corrected chi connectivity index (χ0v) is 12.8. The Morgan fingerprint density at radius 1 is 1.05 bits per heavy atom. The van der Waals surface area contributed by atoms with E-state index in [1.807, 2.05) is 43.3 Å². The molecule has 3 aromatic rings. The van der Waals surface area contributed by atoms with E-state index in [-0.39, 0.29) is 16.9 Å². The molecule has 0 N–H and O–H groups in total. The molecule has 0 radical (unpaired) electrons. The average Bonchev–Trinajstić information content (AvgIpc) is 2.55. The normalized spacial score (nSPS) is 12.3. The van der Waals surface area contributed by atoms with Crippen LogP contribution in [0.1, 0.15) is 17.3 Å². The van der Waals surface area contributed by atoms with Crippen LogP contribution >= 0.6 is 11.8 Å². The molecule has 0 aliphatic carbocycles. The van der Waals surface area contributed by atoms with Crippen LogP contribution in [0.25, 0.3) is 10.9 Å². The maximum Gasteiger partial charge on any atom is 0.175 e. The number of fused-ring (bicyclic) bond motifs is 1. The van der Waals surface area contributed by atoms with Crippen molar-refractivity contribution >= 4 is 28.4 Å². The summed E-state index contributed by atoms with van der Waals surface area (Å²) < 4.78 is 12.9. The van der Waals surface area contributed by atoms with Crippen LogP contribution in [0.15, 0.2) is 65.7 Å². The highest BCUT2D eigenvalue weighted by atomic mass is 32.2. The van der Waals surface area contributed by atoms with Crippen molar-refractivity contribution in [2.45, 2.75) is 17.2 Å². The van der Waals surface area contributed by atoms with Crippen molar-refractivity contribution < 1.29 is 9.18 Å². The van der Waals surface area contributed by atoms with Crippen LogP contribution in [0.5, 0.6) is 0 Å². The van der Waals surface area contributed by atoms with Crippen LogP contribution < -0.4 is 0 Å². The van der Waals surface area contributed by atoms with Gasteiger partial charge in [-0.05, 0) is 43.3 Å². The number of Topliss-reactive ketones (excluding diaryl/α,β-unsaturated/α-hetero) is 1. The molecule has 2 aromatic carbocycles. The molecule has 0 fully saturated rings. The first-order chi connectivity index (χ1) is 10.6. The molecule has 0 bridgehead atoms. The molecule has 0 saturated carbocycles. The molecule has 1 heterocycles. The van der Waals surface area contributed by atoms with Gasteiger partial charge in [-0.25, -0.2) is 9.37 Å². The zero-order valence-electron chi connectivity index (χ0n) is 12.0. The Kier molecular flexibility index (Phi) is 4.20. The molecular formula is C18H14FNOS. The van der Waals surface area contributed by atoms with E-state index in [1.165, 1.54) is 36.0 Å². The number of pyridine rings is 1. The van der Waals surface area contributed by atoms with E-state index in [9.17, 15) is 9.18 Å². The van der Waals surface area contributed by atoms with Crippen LogP contribution in [-0.2, 0) is 0 Å². The Morgan fingerprint density at radius 3 is 2.55 bits per heavy atom. The summed E-state index contributed by atoms with van der Waals surface area (Å²) >= 11 is 1.41. The second-order valence-electron chi connectivity index (χ2n) is 4.97. The molecular weight excluding hydrogens is 297 g/mol. The third-order valence-electron chi connectivity index (χ3n) is 3.37. The Morgan fingerprint density at radius 2 is 1.77 bits per heavy atom. The number of benzene rings is 2. The minimum atomic E-state index is -0.340. The van der Waals surface area contributed by atoms with Crippen LogP contribution in [0.2, 0.25) is 0 Å². The van der Waals surface area contributed by atoms with Gasteiger partial charge in [0.1, 0.15) is 5.82 Å². The summed E-state index contributed by atoms with van der Waals surface area (Å²) in [5.74, 6) is -0.368. The summed E-state index contributed by atoms with van der Waals surface area (Å²) in [6, 6.07) is 17.4. The Labute approximate surface area is 132 Å². The molecule has 1 aromatic heterocycles. The molecule has 0 amide bonds. The lowest BCUT2D eigenvalue weighted by molar-refractivity contribution is 0.0994. The lowest BCUT2D eigenvalue weighted by atomic mass is 10.1. The van der Waals surface area contributed by atoms with Crippen molar-refractivity contribution in [1.29, 1.82) is 0 Å². The fraction of sp³-hybridized carbons (Fsp3) is 0.111. The highest BCUT2D eigenvalue weighted by Gasteiger charge is 2.17. The molecule has 2 nitrogen and oxygen atoms in total. The van der Waals surface area contributed by atoms with Gasteiger partial charge in [-0.15, -0.1) is 0 Å². The van der Waals surface area contributed by atoms with Crippen molar-refractivity contribution in [2.75, 3.05) is 0 Å². The van der Waals surface area contributed by atoms with E-state index in [4.69, 9.17) is 0 Å². The number of ketones is 1. The van der Waals surface area contributed by atoms with Gasteiger partial charge in [0.15, 0.2) is 5.78 Å². The SMILES string of the molecule is CC(Sc1ccc2ccccc2n1)C(=O)c1ccc(F)cc1. The molecule has 4 heteroatoms. The lowest BCUT2D eigenvalue weighted by Crippen LogP contribution is -2.13. The number of thioether (sulfide) groups is 1. The van der Waals surface area contributed by atoms with Crippen molar-refractivity contribution in [2.24, 2.45) is 0 Å². The maximum atomic E-state index is 12.9. The molecule has 110 valence electrons. The summed E-state index contributed by atoms with van der Waals surface area (Å²) in [5, 5.41) is 1.60. The van der Waals surface area contributed by atoms with Crippen molar-refractivity contribution in [3.05, 3.63) is 72.0 Å². The van der Waals surface area contributed by atoms with Crippen molar-refractivity contribution in [3.8, 4) is 0 Å². The Balaban J connectivity index is 1.78. The largest absolute Gasteiger partial charge is 0.293 e. The standard InChI is InChI=1S/C18H14FNOS/c1-12(18(21)14-6-9-15(19)10-7-14)22-17-11-8-13-4-2-3-5-16(13)20-17/h2-12H,1H3. The van der Waals surface area contributed by atoms with Gasteiger partial charge in [-0.2, -0.15) is 0 Å². The fourth-order valence-electron chi connectivity index (χ4n) is 2.20. The molecule has 1 unspecified atom stereocenters. The second-order valence-corrected chi connectivity index (χ2v) is 6.33. The predicted molar refractivity (Wildman–Crippen MR) is 87.8 cm³/mol. The van der Waals surface area contributed by atoms with E-state index in [0.717, 1.165) is 15.9 Å². The first-order valence-corrected chi connectivity index (χ1v) is 7.84. The first-order valence-electron chi connectivity index (χ1n) is 6.96. The van der Waals surface area contributed by atoms with Gasteiger partial charge < -0.3 is 0 Å². The number of hydrogen-bond acceptors (Lipinski definition) is 3. The van der Waals surface area contributed by atoms with E-state index < -0.39 is 0 Å². The average molecular weight is 311 g/mol. The third-order valence-corrected chi connectivity index (χ3v) is 4.40. The quantitative estimate of drug-likeness (QED) is 0.515.